The van der Waals surface area contributed by atoms with Gasteiger partial charge in [-0.1, -0.05) is 0 Å². The molecule has 0 rings (SSSR count). The lowest BCUT2D eigenvalue weighted by atomic mass is 10.6. The molecule has 0 N–H and O–H groups in total. The van der Waals surface area contributed by atoms with Gasteiger partial charge in [-0.15, -0.1) is 0 Å². The van der Waals surface area contributed by atoms with Gasteiger partial charge in [-0.2, -0.15) is 0 Å². The Morgan fingerprint density at radius 1 is 0.533 bits per heavy atom. The molecule has 0 heterocycles. The van der Waals surface area contributed by atoms with Crippen LogP contribution in [-0.4, -0.2) is 39.4 Å². The van der Waals surface area contributed by atoms with E-state index in [1.165, 1.54) is 0 Å². The van der Waals surface area contributed by atoms with E-state index in [0.717, 1.165) is 0 Å². The highest BCUT2D eigenvalue weighted by atomic mass is 16.8. The maximum Gasteiger partial charge on any atom is 0.161 e. The van der Waals surface area contributed by atoms with E-state index in [2.05, 4.69) is 0 Å². The molecular weight excluding hydrogens is 200 g/mol. The molecule has 0 bridgehead atoms. The third-order valence-electron chi connectivity index (χ3n) is 1.81. The molecule has 15 heavy (non-hydrogen) atoms. The van der Waals surface area contributed by atoms with Gasteiger partial charge in [0.15, 0.2) is 25.2 Å². The average molecular weight is 222 g/mol. The molecule has 0 saturated heterocycles. The molecule has 0 spiro atoms. The Balaban J connectivity index is 3.70. The Labute approximate surface area is 91.6 Å². The molecule has 0 fully saturated rings. The van der Waals surface area contributed by atoms with Crippen LogP contribution < -0.4 is 0 Å². The highest BCUT2D eigenvalue weighted by molar-refractivity contribution is 4.39. The lowest BCUT2D eigenvalue weighted by Gasteiger charge is -2.23. The van der Waals surface area contributed by atoms with Gasteiger partial charge in [-0.25, -0.2) is 0 Å². The minimum absolute atomic E-state index is 0.299. The van der Waals surface area contributed by atoms with Gasteiger partial charge in [0, 0.05) is 14.2 Å². The first-order valence-electron chi connectivity index (χ1n) is 5.01. The first-order chi connectivity index (χ1) is 6.99. The fourth-order valence-electron chi connectivity index (χ4n) is 0.985. The van der Waals surface area contributed by atoms with E-state index in [0.29, 0.717) is 0 Å². The third kappa shape index (κ3) is 7.70. The average Bonchev–Trinajstić information content (AvgIpc) is 2.16. The molecule has 0 aromatic rings. The van der Waals surface area contributed by atoms with Crippen LogP contribution in [0.25, 0.3) is 0 Å². The molecule has 0 aliphatic carbocycles. The molecule has 0 saturated carbocycles. The van der Waals surface area contributed by atoms with Crippen LogP contribution in [-0.2, 0) is 23.7 Å². The van der Waals surface area contributed by atoms with Crippen LogP contribution in [0.5, 0.6) is 0 Å². The zero-order chi connectivity index (χ0) is 11.8. The van der Waals surface area contributed by atoms with Crippen molar-refractivity contribution < 1.29 is 23.7 Å². The topological polar surface area (TPSA) is 46.2 Å². The number of ether oxygens (including phenoxy) is 5. The Hall–Kier alpha value is -0.200. The second kappa shape index (κ2) is 8.01. The largest absolute Gasteiger partial charge is 0.356 e. The summed E-state index contributed by atoms with van der Waals surface area (Å²) in [4.78, 5) is 0. The Morgan fingerprint density at radius 3 is 1.07 bits per heavy atom. The standard InChI is InChI=1S/C10H22O5/c1-7(11-5)13-9(3)15-10(4)14-8(2)12-6/h7-10H,1-6H3. The van der Waals surface area contributed by atoms with Crippen molar-refractivity contribution >= 4 is 0 Å². The van der Waals surface area contributed by atoms with Crippen LogP contribution in [0.15, 0.2) is 0 Å². The lowest BCUT2D eigenvalue weighted by Crippen LogP contribution is -2.28. The molecule has 4 atom stereocenters. The highest BCUT2D eigenvalue weighted by Crippen LogP contribution is 2.07. The van der Waals surface area contributed by atoms with Gasteiger partial charge >= 0.3 is 0 Å². The Kier molecular flexibility index (Phi) is 7.90. The molecule has 5 nitrogen and oxygen atoms in total. The van der Waals surface area contributed by atoms with E-state index >= 15 is 0 Å². The van der Waals surface area contributed by atoms with Gasteiger partial charge < -0.3 is 23.7 Å². The second-order valence-corrected chi connectivity index (χ2v) is 3.15. The van der Waals surface area contributed by atoms with Gasteiger partial charge in [0.05, 0.1) is 0 Å². The summed E-state index contributed by atoms with van der Waals surface area (Å²) in [6.07, 6.45) is -1.38. The Bertz CT molecular complexity index is 137. The fraction of sp³-hybridized carbons (Fsp3) is 1.00. The van der Waals surface area contributed by atoms with E-state index < -0.39 is 0 Å². The van der Waals surface area contributed by atoms with Crippen molar-refractivity contribution in [2.75, 3.05) is 14.2 Å². The number of hydrogen-bond donors (Lipinski definition) is 0. The monoisotopic (exact) mass is 222 g/mol. The summed E-state index contributed by atoms with van der Waals surface area (Å²) < 4.78 is 25.9. The van der Waals surface area contributed by atoms with Crippen LogP contribution >= 0.6 is 0 Å². The summed E-state index contributed by atoms with van der Waals surface area (Å²) in [5.41, 5.74) is 0. The van der Waals surface area contributed by atoms with Crippen molar-refractivity contribution in [2.24, 2.45) is 0 Å². The summed E-state index contributed by atoms with van der Waals surface area (Å²) in [6.45, 7) is 7.16. The Morgan fingerprint density at radius 2 is 0.800 bits per heavy atom. The minimum atomic E-state index is -0.390. The van der Waals surface area contributed by atoms with Crippen LogP contribution in [0.2, 0.25) is 0 Å². The molecule has 0 amide bonds. The second-order valence-electron chi connectivity index (χ2n) is 3.15. The van der Waals surface area contributed by atoms with Crippen molar-refractivity contribution in [2.45, 2.75) is 52.9 Å². The molecular formula is C10H22O5. The zero-order valence-corrected chi connectivity index (χ0v) is 10.4. The van der Waals surface area contributed by atoms with Gasteiger partial charge in [0.2, 0.25) is 0 Å². The predicted octanol–water partition coefficient (Wildman–Crippen LogP) is 1.71. The molecule has 0 aromatic heterocycles. The lowest BCUT2D eigenvalue weighted by molar-refractivity contribution is -0.300. The molecule has 0 aliphatic heterocycles. The van der Waals surface area contributed by atoms with Gasteiger partial charge in [-0.3, -0.25) is 0 Å². The van der Waals surface area contributed by atoms with E-state index in [1.54, 1.807) is 41.9 Å². The van der Waals surface area contributed by atoms with Crippen LogP contribution in [0.3, 0.4) is 0 Å². The smallest absolute Gasteiger partial charge is 0.161 e. The molecule has 4 unspecified atom stereocenters. The van der Waals surface area contributed by atoms with Crippen LogP contribution in [0.4, 0.5) is 0 Å². The molecule has 0 aromatic carbocycles. The quantitative estimate of drug-likeness (QED) is 0.585. The first kappa shape index (κ1) is 14.8. The summed E-state index contributed by atoms with van der Waals surface area (Å²) in [5.74, 6) is 0. The fourth-order valence-corrected chi connectivity index (χ4v) is 0.985. The zero-order valence-electron chi connectivity index (χ0n) is 10.4. The van der Waals surface area contributed by atoms with Crippen molar-refractivity contribution in [3.05, 3.63) is 0 Å². The molecule has 0 radical (unpaired) electrons. The van der Waals surface area contributed by atoms with E-state index in [1.807, 2.05) is 0 Å². The first-order valence-corrected chi connectivity index (χ1v) is 5.01. The highest BCUT2D eigenvalue weighted by Gasteiger charge is 2.14. The summed E-state index contributed by atoms with van der Waals surface area (Å²) in [7, 11) is 3.15. The number of hydrogen-bond acceptors (Lipinski definition) is 5. The van der Waals surface area contributed by atoms with E-state index in [4.69, 9.17) is 23.7 Å². The van der Waals surface area contributed by atoms with Crippen molar-refractivity contribution in [3.8, 4) is 0 Å². The molecule has 5 heteroatoms. The summed E-state index contributed by atoms with van der Waals surface area (Å²) in [6, 6.07) is 0. The minimum Gasteiger partial charge on any atom is -0.356 e. The van der Waals surface area contributed by atoms with Crippen LogP contribution in [0, 0.1) is 0 Å². The molecule has 0 aliphatic rings. The number of methoxy groups -OCH3 is 2. The van der Waals surface area contributed by atoms with Crippen molar-refractivity contribution in [1.29, 1.82) is 0 Å². The van der Waals surface area contributed by atoms with Crippen molar-refractivity contribution in [3.63, 3.8) is 0 Å². The summed E-state index contributed by atoms with van der Waals surface area (Å²) >= 11 is 0. The SMILES string of the molecule is COC(C)OC(C)OC(C)OC(C)OC. The maximum atomic E-state index is 5.39. The van der Waals surface area contributed by atoms with E-state index in [9.17, 15) is 0 Å². The normalized spacial score (nSPS) is 19.6. The van der Waals surface area contributed by atoms with Crippen molar-refractivity contribution in [1.82, 2.24) is 0 Å². The van der Waals surface area contributed by atoms with Gasteiger partial charge in [0.1, 0.15) is 0 Å². The maximum absolute atomic E-state index is 5.39. The predicted molar refractivity (Wildman–Crippen MR) is 55.1 cm³/mol. The van der Waals surface area contributed by atoms with Gasteiger partial charge in [0.25, 0.3) is 0 Å². The molecule has 92 valence electrons. The van der Waals surface area contributed by atoms with E-state index in [-0.39, 0.29) is 25.2 Å². The summed E-state index contributed by atoms with van der Waals surface area (Å²) in [5, 5.41) is 0. The number of rotatable bonds is 8. The van der Waals surface area contributed by atoms with Crippen LogP contribution in [0.1, 0.15) is 27.7 Å². The van der Waals surface area contributed by atoms with Gasteiger partial charge in [-0.05, 0) is 27.7 Å². The third-order valence-corrected chi connectivity index (χ3v) is 1.81.